The molecule has 212 valence electrons. The van der Waals surface area contributed by atoms with Crippen molar-refractivity contribution < 1.29 is 23.8 Å². The minimum Gasteiger partial charge on any atom is -0.497 e. The lowest BCUT2D eigenvalue weighted by molar-refractivity contribution is -0.135. The molecule has 3 heterocycles. The second kappa shape index (κ2) is 12.9. The van der Waals surface area contributed by atoms with E-state index in [1.54, 1.807) is 47.6 Å². The maximum absolute atomic E-state index is 13.9. The minimum absolute atomic E-state index is 0.0189. The molecule has 8 heteroatoms. The van der Waals surface area contributed by atoms with Crippen molar-refractivity contribution in [3.63, 3.8) is 0 Å². The van der Waals surface area contributed by atoms with Gasteiger partial charge in [0.05, 0.1) is 19.3 Å². The Balaban J connectivity index is 1.34. The van der Waals surface area contributed by atoms with E-state index < -0.39 is 0 Å². The second-order valence-electron chi connectivity index (χ2n) is 10.7. The maximum Gasteiger partial charge on any atom is 0.254 e. The number of carbonyl (C=O) groups is 2. The summed E-state index contributed by atoms with van der Waals surface area (Å²) in [5.74, 6) is 1.55. The summed E-state index contributed by atoms with van der Waals surface area (Å²) in [6.45, 7) is 6.32. The molecule has 0 saturated carbocycles. The third kappa shape index (κ3) is 6.50. The molecule has 0 N–H and O–H groups in total. The molecule has 3 aromatic rings. The van der Waals surface area contributed by atoms with Crippen LogP contribution in [-0.4, -0.2) is 67.7 Å². The van der Waals surface area contributed by atoms with Crippen molar-refractivity contribution in [3.05, 3.63) is 81.5 Å². The first kappa shape index (κ1) is 28.2. The van der Waals surface area contributed by atoms with Crippen LogP contribution in [0.3, 0.4) is 0 Å². The van der Waals surface area contributed by atoms with Crippen molar-refractivity contribution in [1.82, 2.24) is 9.80 Å². The summed E-state index contributed by atoms with van der Waals surface area (Å²) in [6.07, 6.45) is 2.57. The average molecular weight is 563 g/mol. The molecule has 2 aliphatic heterocycles. The van der Waals surface area contributed by atoms with Crippen molar-refractivity contribution in [2.24, 2.45) is 0 Å². The SMILES string of the molecule is COc1cccc(C(=O)N(CC(=O)N2CCc3sccc3[C@H]2COc2ccc(C(C)C)cc2)C[C@H]2CCCO2)c1. The summed E-state index contributed by atoms with van der Waals surface area (Å²) in [6, 6.07) is 17.1. The monoisotopic (exact) mass is 562 g/mol. The fraction of sp³-hybridized carbons (Fsp3) is 0.438. The predicted octanol–water partition coefficient (Wildman–Crippen LogP) is 5.71. The van der Waals surface area contributed by atoms with Gasteiger partial charge in [-0.05, 0) is 78.1 Å². The van der Waals surface area contributed by atoms with Gasteiger partial charge >= 0.3 is 0 Å². The number of fused-ring (bicyclic) bond motifs is 1. The molecule has 1 aromatic heterocycles. The molecule has 7 nitrogen and oxygen atoms in total. The number of methoxy groups -OCH3 is 1. The first-order chi connectivity index (χ1) is 19.4. The van der Waals surface area contributed by atoms with E-state index in [9.17, 15) is 9.59 Å². The Labute approximate surface area is 240 Å². The summed E-state index contributed by atoms with van der Waals surface area (Å²) in [7, 11) is 1.58. The maximum atomic E-state index is 13.9. The first-order valence-corrected chi connectivity index (χ1v) is 14.9. The van der Waals surface area contributed by atoms with Crippen molar-refractivity contribution in [1.29, 1.82) is 0 Å². The molecule has 2 amide bonds. The minimum atomic E-state index is -0.219. The molecule has 0 spiro atoms. The van der Waals surface area contributed by atoms with E-state index in [0.717, 1.165) is 30.6 Å². The summed E-state index contributed by atoms with van der Waals surface area (Å²) in [5, 5.41) is 2.08. The number of carbonyl (C=O) groups excluding carboxylic acids is 2. The van der Waals surface area contributed by atoms with E-state index in [-0.39, 0.29) is 30.5 Å². The van der Waals surface area contributed by atoms with Crippen LogP contribution < -0.4 is 9.47 Å². The van der Waals surface area contributed by atoms with E-state index in [4.69, 9.17) is 14.2 Å². The van der Waals surface area contributed by atoms with Crippen LogP contribution in [-0.2, 0) is 16.0 Å². The van der Waals surface area contributed by atoms with Gasteiger partial charge in [0, 0.05) is 30.1 Å². The van der Waals surface area contributed by atoms with Crippen LogP contribution in [0.1, 0.15) is 65.0 Å². The fourth-order valence-corrected chi connectivity index (χ4v) is 6.37. The van der Waals surface area contributed by atoms with Crippen LogP contribution in [0, 0.1) is 0 Å². The summed E-state index contributed by atoms with van der Waals surface area (Å²) in [5.41, 5.74) is 2.89. The van der Waals surface area contributed by atoms with Gasteiger partial charge in [0.25, 0.3) is 5.91 Å². The Morgan fingerprint density at radius 2 is 1.95 bits per heavy atom. The Bertz CT molecular complexity index is 1300. The second-order valence-corrected chi connectivity index (χ2v) is 11.7. The number of benzene rings is 2. The fourth-order valence-electron chi connectivity index (χ4n) is 5.44. The molecule has 1 fully saturated rings. The molecule has 40 heavy (non-hydrogen) atoms. The quantitative estimate of drug-likeness (QED) is 0.317. The van der Waals surface area contributed by atoms with Gasteiger partial charge < -0.3 is 24.0 Å². The molecule has 0 bridgehead atoms. The zero-order chi connectivity index (χ0) is 28.1. The molecule has 2 aromatic carbocycles. The highest BCUT2D eigenvalue weighted by molar-refractivity contribution is 7.10. The summed E-state index contributed by atoms with van der Waals surface area (Å²) >= 11 is 1.72. The highest BCUT2D eigenvalue weighted by Crippen LogP contribution is 2.34. The standard InChI is InChI=1S/C32H38N2O5S/c1-22(2)23-9-11-25(12-10-23)39-21-29-28-14-17-40-30(28)13-15-34(29)31(35)20-33(19-27-8-5-16-38-27)32(36)24-6-4-7-26(18-24)37-3/h4,6-7,9-12,14,17-18,22,27,29H,5,8,13,15-16,19-21H2,1-3H3/t27-,29-/m1/s1. The van der Waals surface area contributed by atoms with Crippen LogP contribution >= 0.6 is 11.3 Å². The number of ether oxygens (including phenoxy) is 3. The zero-order valence-electron chi connectivity index (χ0n) is 23.5. The van der Waals surface area contributed by atoms with Gasteiger partial charge in [0.15, 0.2) is 0 Å². The number of rotatable bonds is 10. The average Bonchev–Trinajstić information content (AvgIpc) is 3.67. The molecule has 0 radical (unpaired) electrons. The zero-order valence-corrected chi connectivity index (χ0v) is 24.3. The summed E-state index contributed by atoms with van der Waals surface area (Å²) < 4.78 is 17.4. The van der Waals surface area contributed by atoms with Gasteiger partial charge in [0.2, 0.25) is 5.91 Å². The Morgan fingerprint density at radius 3 is 2.67 bits per heavy atom. The summed E-state index contributed by atoms with van der Waals surface area (Å²) in [4.78, 5) is 32.4. The lowest BCUT2D eigenvalue weighted by Gasteiger charge is -2.37. The van der Waals surface area contributed by atoms with Crippen molar-refractivity contribution >= 4 is 23.2 Å². The van der Waals surface area contributed by atoms with E-state index >= 15 is 0 Å². The molecule has 2 atom stereocenters. The first-order valence-electron chi connectivity index (χ1n) is 14.1. The molecule has 5 rings (SSSR count). The van der Waals surface area contributed by atoms with E-state index in [0.29, 0.717) is 43.5 Å². The van der Waals surface area contributed by atoms with Crippen LogP contribution in [0.2, 0.25) is 0 Å². The van der Waals surface area contributed by atoms with Gasteiger partial charge in [-0.25, -0.2) is 0 Å². The highest BCUT2D eigenvalue weighted by atomic mass is 32.1. The predicted molar refractivity (Wildman–Crippen MR) is 156 cm³/mol. The van der Waals surface area contributed by atoms with E-state index in [1.165, 1.54) is 10.4 Å². The molecule has 0 aliphatic carbocycles. The van der Waals surface area contributed by atoms with Gasteiger partial charge in [-0.2, -0.15) is 0 Å². The number of nitrogens with zero attached hydrogens (tertiary/aromatic N) is 2. The molecule has 1 saturated heterocycles. The Morgan fingerprint density at radius 1 is 1.12 bits per heavy atom. The van der Waals surface area contributed by atoms with Crippen molar-refractivity contribution in [3.8, 4) is 11.5 Å². The lowest BCUT2D eigenvalue weighted by atomic mass is 10.00. The van der Waals surface area contributed by atoms with Crippen molar-refractivity contribution in [2.45, 2.75) is 51.2 Å². The lowest BCUT2D eigenvalue weighted by Crippen LogP contribution is -2.49. The van der Waals surface area contributed by atoms with E-state index in [1.807, 2.05) is 17.0 Å². The largest absolute Gasteiger partial charge is 0.497 e. The number of hydrogen-bond acceptors (Lipinski definition) is 6. The van der Waals surface area contributed by atoms with Crippen LogP contribution in [0.4, 0.5) is 0 Å². The Hall–Kier alpha value is -3.36. The third-order valence-corrected chi connectivity index (χ3v) is 8.74. The molecular weight excluding hydrogens is 524 g/mol. The van der Waals surface area contributed by atoms with Crippen molar-refractivity contribution in [2.75, 3.05) is 40.0 Å². The number of amides is 2. The van der Waals surface area contributed by atoms with Gasteiger partial charge in [-0.1, -0.05) is 32.0 Å². The molecule has 2 aliphatic rings. The Kier molecular flexibility index (Phi) is 9.07. The smallest absolute Gasteiger partial charge is 0.254 e. The topological polar surface area (TPSA) is 68.3 Å². The van der Waals surface area contributed by atoms with Crippen LogP contribution in [0.15, 0.2) is 60.0 Å². The van der Waals surface area contributed by atoms with Crippen LogP contribution in [0.5, 0.6) is 11.5 Å². The van der Waals surface area contributed by atoms with Gasteiger partial charge in [0.1, 0.15) is 24.7 Å². The van der Waals surface area contributed by atoms with Gasteiger partial charge in [-0.15, -0.1) is 11.3 Å². The number of hydrogen-bond donors (Lipinski definition) is 0. The van der Waals surface area contributed by atoms with E-state index in [2.05, 4.69) is 37.4 Å². The highest BCUT2D eigenvalue weighted by Gasteiger charge is 2.34. The van der Waals surface area contributed by atoms with Crippen LogP contribution in [0.25, 0.3) is 0 Å². The third-order valence-electron chi connectivity index (χ3n) is 7.75. The van der Waals surface area contributed by atoms with Gasteiger partial charge in [-0.3, -0.25) is 9.59 Å². The number of thiophene rings is 1. The molecule has 0 unspecified atom stereocenters. The molecular formula is C32H38N2O5S. The normalized spacial score (nSPS) is 18.4.